The van der Waals surface area contributed by atoms with Gasteiger partial charge in [0.15, 0.2) is 17.3 Å². The van der Waals surface area contributed by atoms with Crippen molar-refractivity contribution < 1.29 is 14.3 Å². The third-order valence-electron chi connectivity index (χ3n) is 3.77. The Kier molecular flexibility index (Phi) is 3.54. The summed E-state index contributed by atoms with van der Waals surface area (Å²) in [6, 6.07) is 3.51. The Morgan fingerprint density at radius 1 is 1.25 bits per heavy atom. The second-order valence-corrected chi connectivity index (χ2v) is 4.95. The lowest BCUT2D eigenvalue weighted by Gasteiger charge is -2.37. The lowest BCUT2D eigenvalue weighted by Crippen LogP contribution is -2.45. The molecule has 3 rings (SSSR count). The van der Waals surface area contributed by atoms with Crippen LogP contribution in [0.15, 0.2) is 12.1 Å². The van der Waals surface area contributed by atoms with Gasteiger partial charge >= 0.3 is 0 Å². The van der Waals surface area contributed by atoms with Gasteiger partial charge in [-0.2, -0.15) is 0 Å². The minimum Gasteiger partial charge on any atom is -0.355 e. The molecular weight excluding hydrogens is 260 g/mol. The largest absolute Gasteiger partial charge is 0.355 e. The van der Waals surface area contributed by atoms with Crippen LogP contribution < -0.4 is 10.2 Å². The number of piperidine rings is 1. The fourth-order valence-corrected chi connectivity index (χ4v) is 2.61. The van der Waals surface area contributed by atoms with E-state index in [1.807, 2.05) is 6.07 Å². The number of carbonyl (C=O) groups is 1. The van der Waals surface area contributed by atoms with Crippen molar-refractivity contribution in [1.29, 1.82) is 0 Å². The van der Waals surface area contributed by atoms with Crippen molar-refractivity contribution in [3.05, 3.63) is 17.8 Å². The van der Waals surface area contributed by atoms with Gasteiger partial charge in [-0.1, -0.05) is 0 Å². The van der Waals surface area contributed by atoms with Crippen LogP contribution in [0.3, 0.4) is 0 Å². The SMILES string of the molecule is CNC(=O)c1ccc(N2CCC3(CC2)OCCO3)nn1. The summed E-state index contributed by atoms with van der Waals surface area (Å²) in [5.74, 6) is 0.172. The van der Waals surface area contributed by atoms with Crippen molar-refractivity contribution in [2.24, 2.45) is 0 Å². The average molecular weight is 278 g/mol. The van der Waals surface area contributed by atoms with E-state index in [1.54, 1.807) is 13.1 Å². The van der Waals surface area contributed by atoms with Gasteiger partial charge in [0.25, 0.3) is 5.91 Å². The molecule has 0 aromatic carbocycles. The van der Waals surface area contributed by atoms with Gasteiger partial charge in [0.05, 0.1) is 13.2 Å². The molecule has 1 spiro atoms. The molecule has 1 N–H and O–H groups in total. The normalized spacial score (nSPS) is 21.1. The lowest BCUT2D eigenvalue weighted by atomic mass is 10.0. The molecule has 0 bridgehead atoms. The number of nitrogens with zero attached hydrogens (tertiary/aromatic N) is 3. The van der Waals surface area contributed by atoms with Crippen molar-refractivity contribution in [2.45, 2.75) is 18.6 Å². The number of ether oxygens (including phenoxy) is 2. The summed E-state index contributed by atoms with van der Waals surface area (Å²) in [4.78, 5) is 13.5. The molecule has 7 nitrogen and oxygen atoms in total. The first-order valence-corrected chi connectivity index (χ1v) is 6.81. The Morgan fingerprint density at radius 3 is 2.50 bits per heavy atom. The minimum atomic E-state index is -0.383. The monoisotopic (exact) mass is 278 g/mol. The maximum Gasteiger partial charge on any atom is 0.271 e. The molecule has 20 heavy (non-hydrogen) atoms. The number of nitrogens with one attached hydrogen (secondary N) is 1. The second kappa shape index (κ2) is 5.34. The Balaban J connectivity index is 1.64. The van der Waals surface area contributed by atoms with Gasteiger partial charge in [0, 0.05) is 33.0 Å². The summed E-state index contributed by atoms with van der Waals surface area (Å²) in [6.45, 7) is 2.99. The fourth-order valence-electron chi connectivity index (χ4n) is 2.61. The molecule has 0 saturated carbocycles. The van der Waals surface area contributed by atoms with E-state index in [0.717, 1.165) is 31.7 Å². The molecule has 2 aliphatic heterocycles. The highest BCUT2D eigenvalue weighted by molar-refractivity contribution is 5.91. The molecule has 2 aliphatic rings. The number of rotatable bonds is 2. The molecule has 1 aromatic heterocycles. The molecule has 2 fully saturated rings. The first kappa shape index (κ1) is 13.3. The Bertz CT molecular complexity index is 475. The average Bonchev–Trinajstić information content (AvgIpc) is 2.96. The summed E-state index contributed by atoms with van der Waals surface area (Å²) < 4.78 is 11.4. The molecule has 3 heterocycles. The Hall–Kier alpha value is -1.73. The molecule has 0 radical (unpaired) electrons. The number of anilines is 1. The van der Waals surface area contributed by atoms with Gasteiger partial charge < -0.3 is 19.7 Å². The molecule has 2 saturated heterocycles. The van der Waals surface area contributed by atoms with E-state index in [4.69, 9.17) is 9.47 Å². The zero-order chi connectivity index (χ0) is 14.0. The van der Waals surface area contributed by atoms with Crippen LogP contribution in [-0.4, -0.2) is 55.2 Å². The van der Waals surface area contributed by atoms with Crippen LogP contribution in [0.1, 0.15) is 23.3 Å². The molecule has 1 amide bonds. The second-order valence-electron chi connectivity index (χ2n) is 4.95. The van der Waals surface area contributed by atoms with Crippen LogP contribution in [0.5, 0.6) is 0 Å². The molecule has 0 unspecified atom stereocenters. The topological polar surface area (TPSA) is 76.6 Å². The predicted octanol–water partition coefficient (Wildman–Crippen LogP) is 0.179. The van der Waals surface area contributed by atoms with Gasteiger partial charge in [0.1, 0.15) is 0 Å². The fraction of sp³-hybridized carbons (Fsp3) is 0.615. The number of amides is 1. The summed E-state index contributed by atoms with van der Waals surface area (Å²) in [5.41, 5.74) is 0.326. The van der Waals surface area contributed by atoms with Crippen LogP contribution in [-0.2, 0) is 9.47 Å². The van der Waals surface area contributed by atoms with Gasteiger partial charge in [-0.25, -0.2) is 0 Å². The first-order chi connectivity index (χ1) is 9.72. The molecule has 1 aromatic rings. The van der Waals surface area contributed by atoms with Crippen LogP contribution in [0.4, 0.5) is 5.82 Å². The zero-order valence-corrected chi connectivity index (χ0v) is 11.5. The van der Waals surface area contributed by atoms with Gasteiger partial charge in [-0.15, -0.1) is 10.2 Å². The Labute approximate surface area is 117 Å². The van der Waals surface area contributed by atoms with E-state index in [0.29, 0.717) is 18.9 Å². The summed E-state index contributed by atoms with van der Waals surface area (Å²) in [7, 11) is 1.57. The lowest BCUT2D eigenvalue weighted by molar-refractivity contribution is -0.169. The number of hydrogen-bond donors (Lipinski definition) is 1. The van der Waals surface area contributed by atoms with E-state index in [1.165, 1.54) is 0 Å². The van der Waals surface area contributed by atoms with E-state index >= 15 is 0 Å². The van der Waals surface area contributed by atoms with Crippen molar-refractivity contribution >= 4 is 11.7 Å². The summed E-state index contributed by atoms with van der Waals surface area (Å²) in [6.07, 6.45) is 1.65. The minimum absolute atomic E-state index is 0.227. The summed E-state index contributed by atoms with van der Waals surface area (Å²) >= 11 is 0. The van der Waals surface area contributed by atoms with Crippen molar-refractivity contribution in [2.75, 3.05) is 38.3 Å². The molecule has 0 aliphatic carbocycles. The van der Waals surface area contributed by atoms with Crippen molar-refractivity contribution in [3.63, 3.8) is 0 Å². The van der Waals surface area contributed by atoms with Crippen LogP contribution in [0.2, 0.25) is 0 Å². The zero-order valence-electron chi connectivity index (χ0n) is 11.5. The highest BCUT2D eigenvalue weighted by atomic mass is 16.7. The number of hydrogen-bond acceptors (Lipinski definition) is 6. The quantitative estimate of drug-likeness (QED) is 0.831. The van der Waals surface area contributed by atoms with Gasteiger partial charge in [0.2, 0.25) is 0 Å². The highest BCUT2D eigenvalue weighted by Gasteiger charge is 2.40. The maximum atomic E-state index is 11.4. The van der Waals surface area contributed by atoms with Crippen LogP contribution in [0, 0.1) is 0 Å². The first-order valence-electron chi connectivity index (χ1n) is 6.81. The molecular formula is C13H18N4O3. The van der Waals surface area contributed by atoms with Gasteiger partial charge in [-0.3, -0.25) is 4.79 Å². The Morgan fingerprint density at radius 2 is 1.95 bits per heavy atom. The van der Waals surface area contributed by atoms with E-state index in [-0.39, 0.29) is 11.7 Å². The third-order valence-corrected chi connectivity index (χ3v) is 3.77. The van der Waals surface area contributed by atoms with E-state index in [2.05, 4.69) is 20.4 Å². The molecule has 0 atom stereocenters. The smallest absolute Gasteiger partial charge is 0.271 e. The summed E-state index contributed by atoms with van der Waals surface area (Å²) in [5, 5.41) is 10.6. The van der Waals surface area contributed by atoms with E-state index < -0.39 is 0 Å². The number of carbonyl (C=O) groups excluding carboxylic acids is 1. The van der Waals surface area contributed by atoms with Crippen molar-refractivity contribution in [1.82, 2.24) is 15.5 Å². The molecule has 7 heteroatoms. The number of aromatic nitrogens is 2. The third kappa shape index (κ3) is 2.46. The molecule has 108 valence electrons. The predicted molar refractivity (Wildman–Crippen MR) is 71.5 cm³/mol. The van der Waals surface area contributed by atoms with Crippen LogP contribution in [0.25, 0.3) is 0 Å². The van der Waals surface area contributed by atoms with Gasteiger partial charge in [-0.05, 0) is 12.1 Å². The van der Waals surface area contributed by atoms with E-state index in [9.17, 15) is 4.79 Å². The standard InChI is InChI=1S/C13H18N4O3/c1-14-12(18)10-2-3-11(16-15-10)17-6-4-13(5-7-17)19-8-9-20-13/h2-3H,4-9H2,1H3,(H,14,18). The maximum absolute atomic E-state index is 11.4. The van der Waals surface area contributed by atoms with Crippen molar-refractivity contribution in [3.8, 4) is 0 Å². The highest BCUT2D eigenvalue weighted by Crippen LogP contribution is 2.32. The van der Waals surface area contributed by atoms with Crippen LogP contribution >= 0.6 is 0 Å².